The second kappa shape index (κ2) is 7.72. The number of nitrogens with zero attached hydrogens (tertiary/aromatic N) is 2. The Morgan fingerprint density at radius 3 is 2.77 bits per heavy atom. The minimum atomic E-state index is -0.548. The van der Waals surface area contributed by atoms with Crippen LogP contribution in [0.2, 0.25) is 0 Å². The normalized spacial score (nSPS) is 9.86. The summed E-state index contributed by atoms with van der Waals surface area (Å²) >= 11 is 0. The Balaban J connectivity index is 1.93. The predicted molar refractivity (Wildman–Crippen MR) is 78.9 cm³/mol. The molecule has 2 aromatic rings. The average molecular weight is 300 g/mol. The Hall–Kier alpha value is -2.96. The summed E-state index contributed by atoms with van der Waals surface area (Å²) in [7, 11) is 1.28. The highest BCUT2D eigenvalue weighted by Crippen LogP contribution is 2.03. The van der Waals surface area contributed by atoms with Crippen LogP contribution in [0.15, 0.2) is 42.9 Å². The number of carbonyl (C=O) groups is 2. The monoisotopic (exact) mass is 300 g/mol. The standard InChI is InChI=1S/C15H16N4O3/c1-22-15(21)19-10-13-7-12(4-6-17-13)14(20)18-9-11-3-2-5-16-8-11/h2-8H,9-10H2,1H3,(H,18,20)(H,19,21). The van der Waals surface area contributed by atoms with Gasteiger partial charge in [-0.15, -0.1) is 0 Å². The lowest BCUT2D eigenvalue weighted by atomic mass is 10.2. The topological polar surface area (TPSA) is 93.2 Å². The van der Waals surface area contributed by atoms with Crippen molar-refractivity contribution in [2.24, 2.45) is 0 Å². The van der Waals surface area contributed by atoms with Crippen molar-refractivity contribution in [1.29, 1.82) is 0 Å². The van der Waals surface area contributed by atoms with Gasteiger partial charge in [-0.1, -0.05) is 6.07 Å². The Bertz CT molecular complexity index is 646. The molecule has 0 unspecified atom stereocenters. The number of pyridine rings is 2. The summed E-state index contributed by atoms with van der Waals surface area (Å²) in [5, 5.41) is 5.31. The molecule has 0 saturated carbocycles. The van der Waals surface area contributed by atoms with Crippen LogP contribution in [0.1, 0.15) is 21.6 Å². The van der Waals surface area contributed by atoms with Gasteiger partial charge in [0.25, 0.3) is 5.91 Å². The van der Waals surface area contributed by atoms with E-state index in [4.69, 9.17) is 0 Å². The summed E-state index contributed by atoms with van der Waals surface area (Å²) in [5.74, 6) is -0.217. The van der Waals surface area contributed by atoms with E-state index in [9.17, 15) is 9.59 Å². The van der Waals surface area contributed by atoms with Gasteiger partial charge in [0, 0.05) is 30.7 Å². The van der Waals surface area contributed by atoms with E-state index in [1.165, 1.54) is 13.3 Å². The molecule has 0 atom stereocenters. The van der Waals surface area contributed by atoms with Crippen molar-refractivity contribution in [2.75, 3.05) is 7.11 Å². The molecule has 2 amide bonds. The third-order valence-electron chi connectivity index (χ3n) is 2.85. The first-order chi connectivity index (χ1) is 10.7. The second-order valence-electron chi connectivity index (χ2n) is 4.42. The van der Waals surface area contributed by atoms with Crippen LogP contribution in [0.25, 0.3) is 0 Å². The van der Waals surface area contributed by atoms with E-state index in [1.807, 2.05) is 12.1 Å². The number of rotatable bonds is 5. The third kappa shape index (κ3) is 4.55. The molecular weight excluding hydrogens is 284 g/mol. The first kappa shape index (κ1) is 15.4. The van der Waals surface area contributed by atoms with E-state index in [-0.39, 0.29) is 12.5 Å². The number of hydrogen-bond acceptors (Lipinski definition) is 5. The fourth-order valence-electron chi connectivity index (χ4n) is 1.74. The quantitative estimate of drug-likeness (QED) is 0.867. The lowest BCUT2D eigenvalue weighted by Crippen LogP contribution is -2.25. The molecule has 114 valence electrons. The molecule has 7 nitrogen and oxygen atoms in total. The van der Waals surface area contributed by atoms with Gasteiger partial charge in [-0.25, -0.2) is 4.79 Å². The molecule has 0 fully saturated rings. The molecule has 2 heterocycles. The maximum Gasteiger partial charge on any atom is 0.407 e. The van der Waals surface area contributed by atoms with E-state index in [2.05, 4.69) is 25.3 Å². The molecule has 0 spiro atoms. The number of hydrogen-bond donors (Lipinski definition) is 2. The maximum absolute atomic E-state index is 12.1. The van der Waals surface area contributed by atoms with Crippen molar-refractivity contribution in [1.82, 2.24) is 20.6 Å². The zero-order chi connectivity index (χ0) is 15.8. The Kier molecular flexibility index (Phi) is 5.42. The van der Waals surface area contributed by atoms with E-state index in [0.717, 1.165) is 5.56 Å². The van der Waals surface area contributed by atoms with Crippen molar-refractivity contribution in [3.8, 4) is 0 Å². The SMILES string of the molecule is COC(=O)NCc1cc(C(=O)NCc2cccnc2)ccn1. The van der Waals surface area contributed by atoms with E-state index >= 15 is 0 Å². The number of methoxy groups -OCH3 is 1. The van der Waals surface area contributed by atoms with Crippen LogP contribution in [-0.2, 0) is 17.8 Å². The van der Waals surface area contributed by atoms with Crippen LogP contribution >= 0.6 is 0 Å². The molecule has 0 radical (unpaired) electrons. The third-order valence-corrected chi connectivity index (χ3v) is 2.85. The molecule has 7 heteroatoms. The van der Waals surface area contributed by atoms with Crippen molar-refractivity contribution in [3.63, 3.8) is 0 Å². The van der Waals surface area contributed by atoms with Crippen LogP contribution in [0.5, 0.6) is 0 Å². The van der Waals surface area contributed by atoms with E-state index < -0.39 is 6.09 Å². The van der Waals surface area contributed by atoms with Crippen LogP contribution in [0.3, 0.4) is 0 Å². The minimum absolute atomic E-state index is 0.191. The summed E-state index contributed by atoms with van der Waals surface area (Å²) in [6.07, 6.45) is 4.34. The van der Waals surface area contributed by atoms with E-state index in [0.29, 0.717) is 17.8 Å². The summed E-state index contributed by atoms with van der Waals surface area (Å²) in [6, 6.07) is 6.92. The number of ether oxygens (including phenoxy) is 1. The number of aromatic nitrogens is 2. The maximum atomic E-state index is 12.1. The van der Waals surface area contributed by atoms with Crippen molar-refractivity contribution < 1.29 is 14.3 Å². The fourth-order valence-corrected chi connectivity index (χ4v) is 1.74. The van der Waals surface area contributed by atoms with Gasteiger partial charge in [-0.3, -0.25) is 14.8 Å². The molecule has 2 aromatic heterocycles. The van der Waals surface area contributed by atoms with Gasteiger partial charge in [0.2, 0.25) is 0 Å². The fraction of sp³-hybridized carbons (Fsp3) is 0.200. The number of nitrogens with one attached hydrogen (secondary N) is 2. The Morgan fingerprint density at radius 2 is 2.05 bits per heavy atom. The first-order valence-electron chi connectivity index (χ1n) is 6.63. The molecule has 0 aliphatic rings. The predicted octanol–water partition coefficient (Wildman–Crippen LogP) is 1.26. The largest absolute Gasteiger partial charge is 0.453 e. The molecule has 2 N–H and O–H groups in total. The van der Waals surface area contributed by atoms with Gasteiger partial charge in [0.1, 0.15) is 0 Å². The van der Waals surface area contributed by atoms with Crippen molar-refractivity contribution in [2.45, 2.75) is 13.1 Å². The molecular formula is C15H16N4O3. The van der Waals surface area contributed by atoms with Gasteiger partial charge in [-0.05, 0) is 23.8 Å². The summed E-state index contributed by atoms with van der Waals surface area (Å²) < 4.78 is 4.47. The van der Waals surface area contributed by atoms with Crippen LogP contribution in [0.4, 0.5) is 4.79 Å². The molecule has 0 aliphatic carbocycles. The number of alkyl carbamates (subject to hydrolysis) is 1. The van der Waals surface area contributed by atoms with Gasteiger partial charge in [0.05, 0.1) is 19.3 Å². The molecule has 0 aliphatic heterocycles. The van der Waals surface area contributed by atoms with Crippen LogP contribution in [-0.4, -0.2) is 29.1 Å². The first-order valence-corrected chi connectivity index (χ1v) is 6.63. The Morgan fingerprint density at radius 1 is 1.18 bits per heavy atom. The summed E-state index contributed by atoms with van der Waals surface area (Å²) in [5.41, 5.74) is 1.96. The lowest BCUT2D eigenvalue weighted by Gasteiger charge is -2.07. The van der Waals surface area contributed by atoms with Crippen LogP contribution < -0.4 is 10.6 Å². The number of carbonyl (C=O) groups excluding carboxylic acids is 2. The molecule has 0 bridgehead atoms. The minimum Gasteiger partial charge on any atom is -0.453 e. The highest BCUT2D eigenvalue weighted by atomic mass is 16.5. The lowest BCUT2D eigenvalue weighted by molar-refractivity contribution is 0.0950. The van der Waals surface area contributed by atoms with Gasteiger partial charge in [-0.2, -0.15) is 0 Å². The van der Waals surface area contributed by atoms with Crippen LogP contribution in [0, 0.1) is 0 Å². The van der Waals surface area contributed by atoms with E-state index in [1.54, 1.807) is 24.5 Å². The highest BCUT2D eigenvalue weighted by molar-refractivity contribution is 5.94. The zero-order valence-electron chi connectivity index (χ0n) is 12.1. The molecule has 0 aromatic carbocycles. The van der Waals surface area contributed by atoms with Gasteiger partial charge >= 0.3 is 6.09 Å². The highest BCUT2D eigenvalue weighted by Gasteiger charge is 2.07. The van der Waals surface area contributed by atoms with Gasteiger partial charge in [0.15, 0.2) is 0 Å². The van der Waals surface area contributed by atoms with Crippen molar-refractivity contribution in [3.05, 3.63) is 59.7 Å². The molecule has 22 heavy (non-hydrogen) atoms. The smallest absolute Gasteiger partial charge is 0.407 e. The molecule has 2 rings (SSSR count). The zero-order valence-corrected chi connectivity index (χ0v) is 12.1. The Labute approximate surface area is 127 Å². The van der Waals surface area contributed by atoms with Gasteiger partial charge < -0.3 is 15.4 Å². The summed E-state index contributed by atoms with van der Waals surface area (Å²) in [6.45, 7) is 0.584. The van der Waals surface area contributed by atoms with Crippen molar-refractivity contribution >= 4 is 12.0 Å². The summed E-state index contributed by atoms with van der Waals surface area (Å²) in [4.78, 5) is 31.2. The second-order valence-corrected chi connectivity index (χ2v) is 4.42. The number of amides is 2. The average Bonchev–Trinajstić information content (AvgIpc) is 2.58. The molecule has 0 saturated heterocycles.